The van der Waals surface area contributed by atoms with E-state index in [0.29, 0.717) is 12.1 Å². The number of carbonyl (C=O) groups excluding carboxylic acids is 2. The second-order valence-corrected chi connectivity index (χ2v) is 15.4. The van der Waals surface area contributed by atoms with Gasteiger partial charge in [-0.2, -0.15) is 0 Å². The number of hydrogen-bond acceptors (Lipinski definition) is 8. The summed E-state index contributed by atoms with van der Waals surface area (Å²) in [5.74, 6) is 1.31. The van der Waals surface area contributed by atoms with Gasteiger partial charge in [0.05, 0.1) is 12.2 Å². The number of guanidine groups is 1. The number of hydrogen-bond donors (Lipinski definition) is 2. The first-order chi connectivity index (χ1) is 23.5. The fraction of sp³-hybridized carbons (Fsp3) is 0.575. The number of rotatable bonds is 2. The number of aliphatic hydroxyl groups excluding tert-OH is 1. The van der Waals surface area contributed by atoms with E-state index in [-0.39, 0.29) is 64.0 Å². The number of halogens is 1. The van der Waals surface area contributed by atoms with Crippen LogP contribution in [0.15, 0.2) is 56.9 Å². The van der Waals surface area contributed by atoms with E-state index in [1.165, 1.54) is 16.0 Å². The van der Waals surface area contributed by atoms with Crippen LogP contribution in [0.4, 0.5) is 0 Å². The van der Waals surface area contributed by atoms with Crippen LogP contribution in [0.25, 0.3) is 0 Å². The number of amidine groups is 1. The summed E-state index contributed by atoms with van der Waals surface area (Å²) in [6, 6.07) is 14.6. The van der Waals surface area contributed by atoms with E-state index in [0.717, 1.165) is 92.8 Å². The van der Waals surface area contributed by atoms with Crippen LogP contribution in [0.1, 0.15) is 88.0 Å². The summed E-state index contributed by atoms with van der Waals surface area (Å²) in [6.07, 6.45) is 10.2. The van der Waals surface area contributed by atoms with Gasteiger partial charge in [0, 0.05) is 71.2 Å². The Labute approximate surface area is 332 Å². The Morgan fingerprint density at radius 2 is 1.25 bits per heavy atom. The number of benzene rings is 2. The smallest absolute Gasteiger partial charge is 0.262 e. The molecule has 2 aromatic carbocycles. The van der Waals surface area contributed by atoms with Crippen molar-refractivity contribution in [2.45, 2.75) is 102 Å². The third kappa shape index (κ3) is 6.33. The SMILES string of the molecule is C.CO.COC1CCC2(CC1)Cc1ccc(Br)cc1C21N=C(C)N(C)C1=O.COC1CCC2(CC1)Cc1ccccc1C21N=C(N)N(C)C1=O.[CH3-].[Pd]. The summed E-state index contributed by atoms with van der Waals surface area (Å²) in [5.41, 5.74) is 8.85. The Balaban J connectivity index is 0.000000254. The molecule has 6 aliphatic rings. The molecular formula is C40H57BrN5O5Pd-. The van der Waals surface area contributed by atoms with Gasteiger partial charge in [0.15, 0.2) is 17.0 Å². The summed E-state index contributed by atoms with van der Waals surface area (Å²) in [7, 11) is 8.13. The molecule has 2 heterocycles. The van der Waals surface area contributed by atoms with Crippen molar-refractivity contribution < 1.29 is 44.6 Å². The van der Waals surface area contributed by atoms with Crippen molar-refractivity contribution in [3.05, 3.63) is 76.6 Å². The van der Waals surface area contributed by atoms with E-state index in [1.54, 1.807) is 26.2 Å². The number of methoxy groups -OCH3 is 2. The topological polar surface area (TPSA) is 130 Å². The molecule has 8 rings (SSSR count). The Morgan fingerprint density at radius 1 is 0.788 bits per heavy atom. The maximum Gasteiger partial charge on any atom is 0.262 e. The predicted octanol–water partition coefficient (Wildman–Crippen LogP) is 6.16. The van der Waals surface area contributed by atoms with Gasteiger partial charge in [0.2, 0.25) is 0 Å². The van der Waals surface area contributed by atoms with E-state index in [9.17, 15) is 9.59 Å². The van der Waals surface area contributed by atoms with Crippen LogP contribution >= 0.6 is 15.9 Å². The summed E-state index contributed by atoms with van der Waals surface area (Å²) < 4.78 is 12.1. The third-order valence-corrected chi connectivity index (χ3v) is 13.1. The number of aliphatic imine (C=N–C) groups is 2. The number of likely N-dealkylation sites (N-methyl/N-ethyl adjacent to an activating group) is 2. The van der Waals surface area contributed by atoms with Crippen molar-refractivity contribution in [3.8, 4) is 0 Å². The van der Waals surface area contributed by atoms with Gasteiger partial charge >= 0.3 is 0 Å². The molecule has 4 spiro atoms. The average Bonchev–Trinajstić information content (AvgIpc) is 3.72. The van der Waals surface area contributed by atoms with Crippen molar-refractivity contribution in [3.63, 3.8) is 0 Å². The minimum Gasteiger partial charge on any atom is -0.400 e. The number of amides is 2. The Morgan fingerprint density at radius 3 is 1.69 bits per heavy atom. The zero-order valence-electron chi connectivity index (χ0n) is 30.9. The van der Waals surface area contributed by atoms with Crippen molar-refractivity contribution in [2.24, 2.45) is 26.5 Å². The number of fused-ring (bicyclic) bond motifs is 6. The average molecular weight is 874 g/mol. The first-order valence-corrected chi connectivity index (χ1v) is 18.1. The molecule has 2 fully saturated rings. The maximum absolute atomic E-state index is 13.4. The maximum atomic E-state index is 13.4. The molecule has 0 saturated heterocycles. The quantitative estimate of drug-likeness (QED) is 0.275. The molecule has 0 aromatic heterocycles. The monoisotopic (exact) mass is 872 g/mol. The van der Waals surface area contributed by atoms with E-state index < -0.39 is 11.1 Å². The van der Waals surface area contributed by atoms with Crippen LogP contribution in [-0.2, 0) is 63.4 Å². The minimum atomic E-state index is -0.832. The van der Waals surface area contributed by atoms with E-state index >= 15 is 0 Å². The van der Waals surface area contributed by atoms with Crippen molar-refractivity contribution in [1.29, 1.82) is 0 Å². The molecule has 2 aliphatic heterocycles. The Hall–Kier alpha value is -2.46. The minimum absolute atomic E-state index is 0. The van der Waals surface area contributed by atoms with Gasteiger partial charge in [0.25, 0.3) is 11.8 Å². The van der Waals surface area contributed by atoms with E-state index in [1.807, 2.05) is 26.1 Å². The van der Waals surface area contributed by atoms with Gasteiger partial charge in [-0.15, -0.1) is 0 Å². The number of aliphatic hydroxyl groups is 1. The van der Waals surface area contributed by atoms with E-state index in [2.05, 4.69) is 46.3 Å². The van der Waals surface area contributed by atoms with Gasteiger partial charge in [-0.25, -0.2) is 4.99 Å². The van der Waals surface area contributed by atoms with Gasteiger partial charge in [0.1, 0.15) is 5.84 Å². The molecule has 0 radical (unpaired) electrons. The van der Waals surface area contributed by atoms with Crippen LogP contribution in [0.3, 0.4) is 0 Å². The first-order valence-electron chi connectivity index (χ1n) is 17.3. The third-order valence-electron chi connectivity index (χ3n) is 12.6. The van der Waals surface area contributed by atoms with Crippen LogP contribution < -0.4 is 5.73 Å². The normalized spacial score (nSPS) is 32.2. The van der Waals surface area contributed by atoms with Gasteiger partial charge in [-0.05, 0) is 106 Å². The molecule has 0 bridgehead atoms. The number of nitrogens with zero attached hydrogens (tertiary/aromatic N) is 4. The number of ether oxygens (including phenoxy) is 2. The van der Waals surface area contributed by atoms with Gasteiger partial charge in [-0.3, -0.25) is 19.5 Å². The molecule has 2 saturated carbocycles. The van der Waals surface area contributed by atoms with Crippen molar-refractivity contribution in [2.75, 3.05) is 35.4 Å². The second kappa shape index (κ2) is 16.5. The molecule has 3 N–H and O–H groups in total. The fourth-order valence-electron chi connectivity index (χ4n) is 9.90. The second-order valence-electron chi connectivity index (χ2n) is 14.5. The van der Waals surface area contributed by atoms with Gasteiger partial charge in [-0.1, -0.05) is 53.7 Å². The van der Waals surface area contributed by atoms with Crippen LogP contribution in [-0.4, -0.2) is 86.1 Å². The Kier molecular flexibility index (Phi) is 13.9. The molecule has 290 valence electrons. The Bertz CT molecular complexity index is 1690. The largest absolute Gasteiger partial charge is 0.400 e. The molecule has 12 heteroatoms. The van der Waals surface area contributed by atoms with Crippen LogP contribution in [0, 0.1) is 18.3 Å². The predicted molar refractivity (Wildman–Crippen MR) is 206 cm³/mol. The molecular weight excluding hydrogens is 817 g/mol. The van der Waals surface area contributed by atoms with Crippen LogP contribution in [0.2, 0.25) is 0 Å². The summed E-state index contributed by atoms with van der Waals surface area (Å²) in [4.78, 5) is 39.7. The molecule has 2 aromatic rings. The number of nitrogens with two attached hydrogens (primary N) is 1. The molecule has 2 unspecified atom stereocenters. The van der Waals surface area contributed by atoms with Gasteiger partial charge < -0.3 is 32.6 Å². The molecule has 4 aliphatic carbocycles. The van der Waals surface area contributed by atoms with Crippen molar-refractivity contribution >= 4 is 39.5 Å². The summed E-state index contributed by atoms with van der Waals surface area (Å²) in [6.45, 7) is 1.94. The van der Waals surface area contributed by atoms with Crippen LogP contribution in [0.5, 0.6) is 0 Å². The van der Waals surface area contributed by atoms with E-state index in [4.69, 9.17) is 30.3 Å². The molecule has 52 heavy (non-hydrogen) atoms. The number of carbonyl (C=O) groups is 2. The molecule has 2 atom stereocenters. The zero-order chi connectivity index (χ0) is 35.4. The van der Waals surface area contributed by atoms with Crippen molar-refractivity contribution in [1.82, 2.24) is 9.80 Å². The zero-order valence-corrected chi connectivity index (χ0v) is 34.0. The fourth-order valence-corrected chi connectivity index (χ4v) is 10.3. The standard InChI is InChI=1S/C19H23BrN2O2.C18H23N3O2.CH4O.CH4.CH3.Pd/c1-12-21-19(17(23)22(12)2)16-10-14(20)5-4-13(16)11-18(19)8-6-15(24-3)7-9-18;1-21-15(22)18(20-16(21)19)14-6-4-3-5-12(14)11-17(18)9-7-13(23-2)8-10-17;1-2;;;/h4-5,10,15H,6-9,11H2,1-3H3;3-6,13H,7-11H2,1-2H3,(H2,19,20);2H,1H3;1H4;1H3;/q;;;;-1;. The summed E-state index contributed by atoms with van der Waals surface area (Å²) >= 11 is 3.59. The molecule has 10 nitrogen and oxygen atoms in total. The molecule has 2 amide bonds. The first kappa shape index (κ1) is 43.9. The summed E-state index contributed by atoms with van der Waals surface area (Å²) in [5, 5.41) is 7.00.